The lowest BCUT2D eigenvalue weighted by Crippen LogP contribution is -2.28. The Bertz CT molecular complexity index is 858. The van der Waals surface area contributed by atoms with Crippen molar-refractivity contribution in [3.8, 4) is 0 Å². The van der Waals surface area contributed by atoms with Crippen molar-refractivity contribution in [1.82, 2.24) is 5.32 Å². The molecule has 0 saturated heterocycles. The number of hydrogen-bond donors (Lipinski definition) is 2. The molecule has 140 valence electrons. The fraction of sp³-hybridized carbons (Fsp3) is 0.200. The second-order valence-electron chi connectivity index (χ2n) is 6.32. The molecule has 2 rings (SSSR count). The summed E-state index contributed by atoms with van der Waals surface area (Å²) < 4.78 is 0. The van der Waals surface area contributed by atoms with Crippen molar-refractivity contribution in [3.63, 3.8) is 0 Å². The maximum absolute atomic E-state index is 12.3. The van der Waals surface area contributed by atoms with Crippen LogP contribution in [0.1, 0.15) is 29.8 Å². The van der Waals surface area contributed by atoms with Crippen molar-refractivity contribution in [1.29, 1.82) is 0 Å². The van der Waals surface area contributed by atoms with Crippen LogP contribution in [0.15, 0.2) is 54.6 Å². The van der Waals surface area contributed by atoms with Crippen LogP contribution in [-0.4, -0.2) is 23.3 Å². The van der Waals surface area contributed by atoms with E-state index in [0.717, 1.165) is 0 Å². The van der Waals surface area contributed by atoms with Gasteiger partial charge in [-0.15, -0.1) is 0 Å². The summed E-state index contributed by atoms with van der Waals surface area (Å²) in [6.07, 6.45) is 2.85. The van der Waals surface area contributed by atoms with E-state index in [1.165, 1.54) is 18.2 Å². The minimum atomic E-state index is -0.485. The van der Waals surface area contributed by atoms with Gasteiger partial charge in [-0.25, -0.2) is 0 Å². The Balaban J connectivity index is 2.05. The first-order valence-electron chi connectivity index (χ1n) is 8.47. The molecule has 2 aromatic rings. The van der Waals surface area contributed by atoms with Crippen LogP contribution in [-0.2, 0) is 4.79 Å². The molecule has 0 unspecified atom stereocenters. The van der Waals surface area contributed by atoms with Gasteiger partial charge in [-0.1, -0.05) is 26.0 Å². The van der Waals surface area contributed by atoms with Gasteiger partial charge < -0.3 is 10.6 Å². The first-order valence-corrected chi connectivity index (χ1v) is 8.47. The fourth-order valence-corrected chi connectivity index (χ4v) is 2.24. The van der Waals surface area contributed by atoms with Crippen LogP contribution in [0.3, 0.4) is 0 Å². The molecule has 0 aliphatic heterocycles. The van der Waals surface area contributed by atoms with E-state index in [4.69, 9.17) is 0 Å². The van der Waals surface area contributed by atoms with Crippen LogP contribution in [0.5, 0.6) is 0 Å². The molecule has 0 radical (unpaired) electrons. The largest absolute Gasteiger partial charge is 0.352 e. The van der Waals surface area contributed by atoms with E-state index in [0.29, 0.717) is 29.3 Å². The molecule has 2 amide bonds. The normalized spacial score (nSPS) is 10.8. The highest BCUT2D eigenvalue weighted by Gasteiger charge is 2.12. The summed E-state index contributed by atoms with van der Waals surface area (Å²) in [5.41, 5.74) is 1.43. The van der Waals surface area contributed by atoms with Crippen molar-refractivity contribution < 1.29 is 14.5 Å². The molecule has 2 N–H and O–H groups in total. The van der Waals surface area contributed by atoms with Gasteiger partial charge in [-0.05, 0) is 41.8 Å². The Kier molecular flexibility index (Phi) is 6.82. The minimum absolute atomic E-state index is 0.0158. The van der Waals surface area contributed by atoms with E-state index >= 15 is 0 Å². The van der Waals surface area contributed by atoms with Gasteiger partial charge in [0.2, 0.25) is 5.91 Å². The molecule has 2 aromatic carbocycles. The van der Waals surface area contributed by atoms with E-state index in [2.05, 4.69) is 10.6 Å². The molecule has 0 aromatic heterocycles. The Morgan fingerprint density at radius 3 is 2.41 bits per heavy atom. The molecule has 0 fully saturated rings. The van der Waals surface area contributed by atoms with E-state index in [1.54, 1.807) is 42.5 Å². The Hall–Kier alpha value is -3.48. The molecule has 0 aliphatic carbocycles. The monoisotopic (exact) mass is 367 g/mol. The number of amides is 2. The molecule has 7 heteroatoms. The number of nitro groups is 1. The molecular weight excluding hydrogens is 346 g/mol. The predicted molar refractivity (Wildman–Crippen MR) is 104 cm³/mol. The second-order valence-corrected chi connectivity index (χ2v) is 6.32. The van der Waals surface area contributed by atoms with Gasteiger partial charge in [0.15, 0.2) is 0 Å². The van der Waals surface area contributed by atoms with E-state index in [1.807, 2.05) is 13.8 Å². The van der Waals surface area contributed by atoms with Crippen LogP contribution in [0.25, 0.3) is 6.08 Å². The molecule has 0 heterocycles. The summed E-state index contributed by atoms with van der Waals surface area (Å²) in [5.74, 6) is -0.336. The third-order valence-corrected chi connectivity index (χ3v) is 3.63. The van der Waals surface area contributed by atoms with Gasteiger partial charge in [-0.2, -0.15) is 0 Å². The first-order chi connectivity index (χ1) is 12.9. The number of nitro benzene ring substituents is 1. The maximum Gasteiger partial charge on any atom is 0.269 e. The number of non-ortho nitro benzene ring substituents is 1. The van der Waals surface area contributed by atoms with Gasteiger partial charge in [0.05, 0.1) is 16.2 Å². The highest BCUT2D eigenvalue weighted by Crippen LogP contribution is 2.16. The maximum atomic E-state index is 12.3. The number of benzene rings is 2. The van der Waals surface area contributed by atoms with E-state index in [9.17, 15) is 19.7 Å². The van der Waals surface area contributed by atoms with Crippen molar-refractivity contribution in [3.05, 3.63) is 75.8 Å². The third-order valence-electron chi connectivity index (χ3n) is 3.63. The molecule has 0 aliphatic rings. The number of anilines is 1. The van der Waals surface area contributed by atoms with Crippen LogP contribution >= 0.6 is 0 Å². The Morgan fingerprint density at radius 1 is 1.11 bits per heavy atom. The Labute approximate surface area is 157 Å². The van der Waals surface area contributed by atoms with E-state index in [-0.39, 0.29) is 11.6 Å². The lowest BCUT2D eigenvalue weighted by atomic mass is 10.1. The van der Waals surface area contributed by atoms with Gasteiger partial charge in [0.25, 0.3) is 11.6 Å². The topological polar surface area (TPSA) is 101 Å². The predicted octanol–water partition coefficient (Wildman–Crippen LogP) is 3.63. The van der Waals surface area contributed by atoms with Crippen molar-refractivity contribution in [2.75, 3.05) is 11.9 Å². The highest BCUT2D eigenvalue weighted by molar-refractivity contribution is 6.07. The van der Waals surface area contributed by atoms with E-state index < -0.39 is 10.8 Å². The number of para-hydroxylation sites is 1. The Morgan fingerprint density at radius 2 is 1.78 bits per heavy atom. The van der Waals surface area contributed by atoms with Crippen molar-refractivity contribution >= 4 is 29.3 Å². The zero-order valence-corrected chi connectivity index (χ0v) is 15.1. The molecule has 7 nitrogen and oxygen atoms in total. The standard InChI is InChI=1S/C20H21N3O4/c1-14(2)13-21-20(25)17-5-3-4-6-18(17)22-19(24)12-9-15-7-10-16(11-8-15)23(26)27/h3-12,14H,13H2,1-2H3,(H,21,25)(H,22,24)/b12-9+. The van der Waals surface area contributed by atoms with Gasteiger partial charge in [0, 0.05) is 24.8 Å². The average Bonchev–Trinajstić information content (AvgIpc) is 2.65. The van der Waals surface area contributed by atoms with Crippen LogP contribution in [0.4, 0.5) is 11.4 Å². The first kappa shape index (κ1) is 19.8. The van der Waals surface area contributed by atoms with Crippen LogP contribution < -0.4 is 10.6 Å². The summed E-state index contributed by atoms with van der Waals surface area (Å²) in [6, 6.07) is 12.6. The van der Waals surface area contributed by atoms with Crippen LogP contribution in [0, 0.1) is 16.0 Å². The zero-order chi connectivity index (χ0) is 19.8. The molecule has 0 saturated carbocycles. The summed E-state index contributed by atoms with van der Waals surface area (Å²) in [7, 11) is 0. The highest BCUT2D eigenvalue weighted by atomic mass is 16.6. The van der Waals surface area contributed by atoms with Gasteiger partial charge in [0.1, 0.15) is 0 Å². The fourth-order valence-electron chi connectivity index (χ4n) is 2.24. The van der Waals surface area contributed by atoms with Crippen molar-refractivity contribution in [2.45, 2.75) is 13.8 Å². The van der Waals surface area contributed by atoms with Crippen LogP contribution in [0.2, 0.25) is 0 Å². The lowest BCUT2D eigenvalue weighted by molar-refractivity contribution is -0.384. The molecule has 0 atom stereocenters. The molecule has 27 heavy (non-hydrogen) atoms. The number of carbonyl (C=O) groups is 2. The van der Waals surface area contributed by atoms with Gasteiger partial charge >= 0.3 is 0 Å². The summed E-state index contributed by atoms with van der Waals surface area (Å²) in [6.45, 7) is 4.54. The smallest absolute Gasteiger partial charge is 0.269 e. The SMILES string of the molecule is CC(C)CNC(=O)c1ccccc1NC(=O)/C=C/c1ccc([N+](=O)[O-])cc1. The zero-order valence-electron chi connectivity index (χ0n) is 15.1. The molecule has 0 bridgehead atoms. The number of hydrogen-bond acceptors (Lipinski definition) is 4. The molecular formula is C20H21N3O4. The van der Waals surface area contributed by atoms with Crippen molar-refractivity contribution in [2.24, 2.45) is 5.92 Å². The lowest BCUT2D eigenvalue weighted by Gasteiger charge is -2.11. The quantitative estimate of drug-likeness (QED) is 0.443. The van der Waals surface area contributed by atoms with Gasteiger partial charge in [-0.3, -0.25) is 19.7 Å². The summed E-state index contributed by atoms with van der Waals surface area (Å²) in [4.78, 5) is 34.6. The third kappa shape index (κ3) is 6.07. The minimum Gasteiger partial charge on any atom is -0.352 e. The number of carbonyl (C=O) groups excluding carboxylic acids is 2. The summed E-state index contributed by atoms with van der Waals surface area (Å²) >= 11 is 0. The number of nitrogens with zero attached hydrogens (tertiary/aromatic N) is 1. The number of rotatable bonds is 7. The second kappa shape index (κ2) is 9.28. The molecule has 0 spiro atoms. The average molecular weight is 367 g/mol. The number of nitrogens with one attached hydrogen (secondary N) is 2. The summed E-state index contributed by atoms with van der Waals surface area (Å²) in [5, 5.41) is 16.1.